The molecule has 0 unspecified atom stereocenters. The van der Waals surface area contributed by atoms with E-state index in [1.807, 2.05) is 44.2 Å². The van der Waals surface area contributed by atoms with Crippen LogP contribution < -0.4 is 11.2 Å². The maximum absolute atomic E-state index is 12.1. The molecule has 0 aliphatic rings. The Hall–Kier alpha value is -2.87. The number of carbonyl (C=O) groups is 1. The summed E-state index contributed by atoms with van der Waals surface area (Å²) in [6, 6.07) is 11.3. The van der Waals surface area contributed by atoms with Crippen molar-refractivity contribution in [1.82, 2.24) is 19.9 Å². The van der Waals surface area contributed by atoms with E-state index in [1.54, 1.807) is 12.3 Å². The lowest BCUT2D eigenvalue weighted by atomic mass is 10.1. The van der Waals surface area contributed by atoms with Crippen molar-refractivity contribution < 1.29 is 4.79 Å². The normalized spacial score (nSPS) is 10.6. The minimum absolute atomic E-state index is 0.129. The van der Waals surface area contributed by atoms with Crippen LogP contribution in [0, 0.1) is 13.8 Å². The number of nitrogens with one attached hydrogen (secondary N) is 1. The number of anilines is 1. The molecular weight excluding hydrogens is 336 g/mol. The van der Waals surface area contributed by atoms with E-state index in [-0.39, 0.29) is 11.7 Å². The van der Waals surface area contributed by atoms with E-state index in [9.17, 15) is 4.79 Å². The number of pyridine rings is 1. The third kappa shape index (κ3) is 3.97. The molecule has 8 heteroatoms. The van der Waals surface area contributed by atoms with Gasteiger partial charge in [0.05, 0.1) is 5.75 Å². The fourth-order valence-corrected chi connectivity index (χ4v) is 2.85. The summed E-state index contributed by atoms with van der Waals surface area (Å²) in [6.07, 6.45) is 1.66. The number of hydrogen-bond donors (Lipinski definition) is 2. The van der Waals surface area contributed by atoms with E-state index in [2.05, 4.69) is 20.5 Å². The van der Waals surface area contributed by atoms with Crippen molar-refractivity contribution >= 4 is 23.4 Å². The number of nitrogens with zero attached hydrogens (tertiary/aromatic N) is 4. The van der Waals surface area contributed by atoms with Gasteiger partial charge in [0.25, 0.3) is 0 Å². The Morgan fingerprint density at radius 3 is 2.76 bits per heavy atom. The number of amides is 1. The van der Waals surface area contributed by atoms with Crippen LogP contribution in [0.5, 0.6) is 0 Å². The second-order valence-corrected chi connectivity index (χ2v) is 6.47. The van der Waals surface area contributed by atoms with Crippen molar-refractivity contribution in [3.8, 4) is 11.5 Å². The first-order valence-electron chi connectivity index (χ1n) is 7.66. The van der Waals surface area contributed by atoms with Gasteiger partial charge in [0, 0.05) is 11.9 Å². The van der Waals surface area contributed by atoms with Crippen LogP contribution in [-0.4, -0.2) is 31.5 Å². The zero-order valence-electron chi connectivity index (χ0n) is 13.9. The Balaban J connectivity index is 1.63. The van der Waals surface area contributed by atoms with Gasteiger partial charge in [-0.25, -0.2) is 4.68 Å². The number of carbonyl (C=O) groups excluding carboxylic acids is 1. The van der Waals surface area contributed by atoms with Crippen molar-refractivity contribution in [1.29, 1.82) is 0 Å². The molecule has 0 radical (unpaired) electrons. The van der Waals surface area contributed by atoms with Gasteiger partial charge in [-0.3, -0.25) is 9.78 Å². The van der Waals surface area contributed by atoms with Crippen LogP contribution in [0.1, 0.15) is 11.1 Å². The molecule has 0 aliphatic carbocycles. The second kappa shape index (κ2) is 7.35. The summed E-state index contributed by atoms with van der Waals surface area (Å²) >= 11 is 1.22. The molecular formula is C17H18N6OS. The summed E-state index contributed by atoms with van der Waals surface area (Å²) in [7, 11) is 0. The van der Waals surface area contributed by atoms with E-state index < -0.39 is 0 Å². The quantitative estimate of drug-likeness (QED) is 0.539. The van der Waals surface area contributed by atoms with Crippen molar-refractivity contribution in [2.75, 3.05) is 16.9 Å². The monoisotopic (exact) mass is 354 g/mol. The molecule has 2 heterocycles. The number of nitrogen functional groups attached to an aromatic ring is 1. The van der Waals surface area contributed by atoms with Gasteiger partial charge in [0.15, 0.2) is 0 Å². The zero-order chi connectivity index (χ0) is 17.8. The molecule has 0 saturated carbocycles. The lowest BCUT2D eigenvalue weighted by molar-refractivity contribution is -0.113. The summed E-state index contributed by atoms with van der Waals surface area (Å²) < 4.78 is 1.34. The molecule has 0 fully saturated rings. The maximum atomic E-state index is 12.1. The lowest BCUT2D eigenvalue weighted by Crippen LogP contribution is -2.16. The van der Waals surface area contributed by atoms with Crippen molar-refractivity contribution in [3.63, 3.8) is 0 Å². The fourth-order valence-electron chi connectivity index (χ4n) is 2.19. The van der Waals surface area contributed by atoms with Gasteiger partial charge in [-0.15, -0.1) is 10.2 Å². The van der Waals surface area contributed by atoms with Gasteiger partial charge in [-0.05, 0) is 49.2 Å². The van der Waals surface area contributed by atoms with Gasteiger partial charge in [0.1, 0.15) is 5.69 Å². The van der Waals surface area contributed by atoms with Crippen LogP contribution in [0.25, 0.3) is 11.5 Å². The van der Waals surface area contributed by atoms with Crippen LogP contribution in [-0.2, 0) is 4.79 Å². The fraction of sp³-hybridized carbons (Fsp3) is 0.176. The van der Waals surface area contributed by atoms with E-state index >= 15 is 0 Å². The highest BCUT2D eigenvalue weighted by molar-refractivity contribution is 7.99. The molecule has 1 aromatic carbocycles. The van der Waals surface area contributed by atoms with Crippen molar-refractivity contribution in [2.45, 2.75) is 19.0 Å². The molecule has 0 bridgehead atoms. The molecule has 0 spiro atoms. The van der Waals surface area contributed by atoms with E-state index in [4.69, 9.17) is 5.84 Å². The Bertz CT molecular complexity index is 893. The summed E-state index contributed by atoms with van der Waals surface area (Å²) in [5.41, 5.74) is 3.72. The smallest absolute Gasteiger partial charge is 0.234 e. The van der Waals surface area contributed by atoms with Crippen molar-refractivity contribution in [2.24, 2.45) is 0 Å². The SMILES string of the molecule is Cc1ccc(NC(=O)CSc2nnc(-c3ccccn3)n2N)cc1C. The van der Waals surface area contributed by atoms with Gasteiger partial charge in [-0.2, -0.15) is 0 Å². The molecule has 0 saturated heterocycles. The molecule has 2 aromatic heterocycles. The number of hydrogen-bond acceptors (Lipinski definition) is 6. The molecule has 0 aliphatic heterocycles. The minimum atomic E-state index is -0.129. The summed E-state index contributed by atoms with van der Waals surface area (Å²) in [5, 5.41) is 11.4. The number of benzene rings is 1. The van der Waals surface area contributed by atoms with Crippen LogP contribution >= 0.6 is 11.8 Å². The highest BCUT2D eigenvalue weighted by atomic mass is 32.2. The van der Waals surface area contributed by atoms with Crippen LogP contribution in [0.15, 0.2) is 47.8 Å². The molecule has 7 nitrogen and oxygen atoms in total. The Morgan fingerprint density at radius 1 is 1.20 bits per heavy atom. The third-order valence-corrected chi connectivity index (χ3v) is 4.62. The largest absolute Gasteiger partial charge is 0.335 e. The van der Waals surface area contributed by atoms with Gasteiger partial charge >= 0.3 is 0 Å². The molecule has 0 atom stereocenters. The predicted molar refractivity (Wildman–Crippen MR) is 98.7 cm³/mol. The van der Waals surface area contributed by atoms with Gasteiger partial charge < -0.3 is 11.2 Å². The molecule has 3 aromatic rings. The number of thioether (sulfide) groups is 1. The summed E-state index contributed by atoms with van der Waals surface area (Å²) in [6.45, 7) is 4.04. The Morgan fingerprint density at radius 2 is 2.04 bits per heavy atom. The Labute approximate surface area is 149 Å². The first-order chi connectivity index (χ1) is 12.0. The van der Waals surface area contributed by atoms with Crippen LogP contribution in [0.3, 0.4) is 0 Å². The first-order valence-corrected chi connectivity index (χ1v) is 8.65. The molecule has 3 N–H and O–H groups in total. The maximum Gasteiger partial charge on any atom is 0.234 e. The van der Waals surface area contributed by atoms with E-state index in [1.165, 1.54) is 22.0 Å². The molecule has 128 valence electrons. The summed E-state index contributed by atoms with van der Waals surface area (Å²) in [5.74, 6) is 6.52. The van der Waals surface area contributed by atoms with Crippen molar-refractivity contribution in [3.05, 3.63) is 53.7 Å². The van der Waals surface area contributed by atoms with E-state index in [0.717, 1.165) is 11.3 Å². The number of rotatable bonds is 5. The number of nitrogens with two attached hydrogens (primary N) is 1. The van der Waals surface area contributed by atoms with Gasteiger partial charge in [0.2, 0.25) is 16.9 Å². The van der Waals surface area contributed by atoms with Gasteiger partial charge in [-0.1, -0.05) is 23.9 Å². The van der Waals surface area contributed by atoms with E-state index in [0.29, 0.717) is 16.7 Å². The number of aromatic nitrogens is 4. The predicted octanol–water partition coefficient (Wildman–Crippen LogP) is 2.40. The lowest BCUT2D eigenvalue weighted by Gasteiger charge is -2.07. The highest BCUT2D eigenvalue weighted by Crippen LogP contribution is 2.20. The first kappa shape index (κ1) is 17.0. The summed E-state index contributed by atoms with van der Waals surface area (Å²) in [4.78, 5) is 16.3. The average Bonchev–Trinajstić information content (AvgIpc) is 2.98. The average molecular weight is 354 g/mol. The standard InChI is InChI=1S/C17H18N6OS/c1-11-6-7-13(9-12(11)2)20-15(24)10-25-17-22-21-16(23(17)18)14-5-3-4-8-19-14/h3-9H,10,18H2,1-2H3,(H,20,24). The second-order valence-electron chi connectivity index (χ2n) is 5.53. The zero-order valence-corrected chi connectivity index (χ0v) is 14.7. The molecule has 25 heavy (non-hydrogen) atoms. The van der Waals surface area contributed by atoms with Crippen LogP contribution in [0.2, 0.25) is 0 Å². The highest BCUT2D eigenvalue weighted by Gasteiger charge is 2.14. The molecule has 1 amide bonds. The van der Waals surface area contributed by atoms with Crippen LogP contribution in [0.4, 0.5) is 5.69 Å². The third-order valence-electron chi connectivity index (χ3n) is 3.68. The topological polar surface area (TPSA) is 98.7 Å². The minimum Gasteiger partial charge on any atom is -0.335 e. The molecule has 3 rings (SSSR count). The number of aryl methyl sites for hydroxylation is 2. The Kier molecular flexibility index (Phi) is 4.99.